The molecule has 0 aliphatic heterocycles. The molecule has 1 unspecified atom stereocenters. The van der Waals surface area contributed by atoms with E-state index in [-0.39, 0.29) is 11.9 Å². The highest BCUT2D eigenvalue weighted by Gasteiger charge is 2.04. The lowest BCUT2D eigenvalue weighted by Gasteiger charge is -2.08. The predicted molar refractivity (Wildman–Crippen MR) is 87.2 cm³/mol. The van der Waals surface area contributed by atoms with Crippen LogP contribution in [0.1, 0.15) is 36.1 Å². The zero-order valence-corrected chi connectivity index (χ0v) is 12.6. The molecule has 21 heavy (non-hydrogen) atoms. The van der Waals surface area contributed by atoms with E-state index in [1.165, 1.54) is 11.1 Å². The summed E-state index contributed by atoms with van der Waals surface area (Å²) in [6.07, 6.45) is 1.24. The third-order valence-electron chi connectivity index (χ3n) is 3.44. The molecule has 0 aliphatic carbocycles. The van der Waals surface area contributed by atoms with Crippen molar-refractivity contribution in [1.82, 2.24) is 0 Å². The molecule has 0 aliphatic rings. The summed E-state index contributed by atoms with van der Waals surface area (Å²) in [6, 6.07) is 15.9. The number of carbonyl (C=O) groups is 1. The maximum atomic E-state index is 12.0. The van der Waals surface area contributed by atoms with Crippen molar-refractivity contribution in [3.8, 4) is 0 Å². The van der Waals surface area contributed by atoms with Crippen molar-refractivity contribution in [2.75, 3.05) is 5.32 Å². The SMILES string of the molecule is Cc1cccc(CCC(=O)Nc2ccc(C(C)N)cc2)c1. The number of carbonyl (C=O) groups excluding carboxylic acids is 1. The molecule has 0 fully saturated rings. The molecule has 2 aromatic rings. The zero-order chi connectivity index (χ0) is 15.2. The fraction of sp³-hybridized carbons (Fsp3) is 0.278. The highest BCUT2D eigenvalue weighted by molar-refractivity contribution is 5.90. The molecule has 0 heterocycles. The van der Waals surface area contributed by atoms with Crippen molar-refractivity contribution >= 4 is 11.6 Å². The second kappa shape index (κ2) is 7.04. The summed E-state index contributed by atoms with van der Waals surface area (Å²) in [6.45, 7) is 4.00. The quantitative estimate of drug-likeness (QED) is 0.880. The van der Waals surface area contributed by atoms with Crippen LogP contribution in [0.3, 0.4) is 0 Å². The third kappa shape index (κ3) is 4.72. The Morgan fingerprint density at radius 1 is 1.19 bits per heavy atom. The van der Waals surface area contributed by atoms with Crippen molar-refractivity contribution in [2.45, 2.75) is 32.7 Å². The van der Waals surface area contributed by atoms with Crippen LogP contribution in [-0.4, -0.2) is 5.91 Å². The highest BCUT2D eigenvalue weighted by Crippen LogP contribution is 2.15. The van der Waals surface area contributed by atoms with E-state index in [2.05, 4.69) is 30.4 Å². The summed E-state index contributed by atoms with van der Waals surface area (Å²) in [5, 5.41) is 2.91. The molecule has 3 N–H and O–H groups in total. The Balaban J connectivity index is 1.87. The Kier molecular flexibility index (Phi) is 5.12. The fourth-order valence-electron chi connectivity index (χ4n) is 2.22. The average Bonchev–Trinajstić information content (AvgIpc) is 2.46. The van der Waals surface area contributed by atoms with Crippen molar-refractivity contribution in [3.63, 3.8) is 0 Å². The van der Waals surface area contributed by atoms with Crippen LogP contribution < -0.4 is 11.1 Å². The van der Waals surface area contributed by atoms with Crippen molar-refractivity contribution in [1.29, 1.82) is 0 Å². The van der Waals surface area contributed by atoms with Gasteiger partial charge in [0.25, 0.3) is 0 Å². The van der Waals surface area contributed by atoms with Gasteiger partial charge in [0, 0.05) is 18.2 Å². The Morgan fingerprint density at radius 2 is 1.90 bits per heavy atom. The number of amides is 1. The van der Waals surface area contributed by atoms with Gasteiger partial charge in [0.15, 0.2) is 0 Å². The molecule has 3 nitrogen and oxygen atoms in total. The van der Waals surface area contributed by atoms with E-state index in [4.69, 9.17) is 5.73 Å². The highest BCUT2D eigenvalue weighted by atomic mass is 16.1. The lowest BCUT2D eigenvalue weighted by Crippen LogP contribution is -2.12. The molecule has 2 rings (SSSR count). The van der Waals surface area contributed by atoms with Crippen molar-refractivity contribution in [2.24, 2.45) is 5.73 Å². The summed E-state index contributed by atoms with van der Waals surface area (Å²) in [5.41, 5.74) is 10.1. The molecule has 0 spiro atoms. The lowest BCUT2D eigenvalue weighted by molar-refractivity contribution is -0.116. The van der Waals surface area contributed by atoms with Gasteiger partial charge in [0.2, 0.25) is 5.91 Å². The van der Waals surface area contributed by atoms with E-state index >= 15 is 0 Å². The normalized spacial score (nSPS) is 12.0. The van der Waals surface area contributed by atoms with E-state index in [1.54, 1.807) is 0 Å². The molecular formula is C18H22N2O. The fourth-order valence-corrected chi connectivity index (χ4v) is 2.22. The first kappa shape index (κ1) is 15.3. The summed E-state index contributed by atoms with van der Waals surface area (Å²) in [7, 11) is 0. The van der Waals surface area contributed by atoms with Crippen molar-refractivity contribution < 1.29 is 4.79 Å². The van der Waals surface area contributed by atoms with E-state index in [0.717, 1.165) is 17.7 Å². The molecule has 110 valence electrons. The van der Waals surface area contributed by atoms with Crippen LogP contribution in [0.15, 0.2) is 48.5 Å². The maximum absolute atomic E-state index is 12.0. The van der Waals surface area contributed by atoms with Gasteiger partial charge in [-0.3, -0.25) is 4.79 Å². The van der Waals surface area contributed by atoms with Gasteiger partial charge in [-0.05, 0) is 43.5 Å². The minimum Gasteiger partial charge on any atom is -0.326 e. The molecule has 0 aromatic heterocycles. The third-order valence-corrected chi connectivity index (χ3v) is 3.44. The summed E-state index contributed by atoms with van der Waals surface area (Å²) in [5.74, 6) is 0.0325. The summed E-state index contributed by atoms with van der Waals surface area (Å²) >= 11 is 0. The molecule has 0 saturated heterocycles. The standard InChI is InChI=1S/C18H22N2O/c1-13-4-3-5-15(12-13)6-11-18(21)20-17-9-7-16(8-10-17)14(2)19/h3-5,7-10,12,14H,6,11,19H2,1-2H3,(H,20,21). The van der Waals surface area contributed by atoms with E-state index in [9.17, 15) is 4.79 Å². The Bertz CT molecular complexity index is 603. The first-order valence-corrected chi connectivity index (χ1v) is 7.25. The minimum absolute atomic E-state index is 0.0103. The number of hydrogen-bond acceptors (Lipinski definition) is 2. The molecule has 0 saturated carbocycles. The van der Waals surface area contributed by atoms with Crippen LogP contribution in [0.25, 0.3) is 0 Å². The topological polar surface area (TPSA) is 55.1 Å². The summed E-state index contributed by atoms with van der Waals surface area (Å²) < 4.78 is 0. The monoisotopic (exact) mass is 282 g/mol. The molecule has 0 radical (unpaired) electrons. The van der Waals surface area contributed by atoms with Gasteiger partial charge >= 0.3 is 0 Å². The van der Waals surface area contributed by atoms with Gasteiger partial charge in [-0.2, -0.15) is 0 Å². The number of nitrogens with two attached hydrogens (primary N) is 1. The van der Waals surface area contributed by atoms with Crippen LogP contribution in [0.2, 0.25) is 0 Å². The number of aryl methyl sites for hydroxylation is 2. The molecule has 3 heteroatoms. The Hall–Kier alpha value is -2.13. The van der Waals surface area contributed by atoms with Gasteiger partial charge in [0.1, 0.15) is 0 Å². The van der Waals surface area contributed by atoms with E-state index in [1.807, 2.05) is 37.3 Å². The molecule has 2 aromatic carbocycles. The first-order chi connectivity index (χ1) is 10.0. The number of rotatable bonds is 5. The smallest absolute Gasteiger partial charge is 0.224 e. The molecule has 0 bridgehead atoms. The number of hydrogen-bond donors (Lipinski definition) is 2. The molecule has 1 amide bonds. The lowest BCUT2D eigenvalue weighted by atomic mass is 10.1. The number of nitrogens with one attached hydrogen (secondary N) is 1. The second-order valence-corrected chi connectivity index (χ2v) is 5.45. The Morgan fingerprint density at radius 3 is 2.52 bits per heavy atom. The predicted octanol–water partition coefficient (Wildman–Crippen LogP) is 3.59. The average molecular weight is 282 g/mol. The van der Waals surface area contributed by atoms with Crippen LogP contribution in [0, 0.1) is 6.92 Å². The zero-order valence-electron chi connectivity index (χ0n) is 12.6. The van der Waals surface area contributed by atoms with Gasteiger partial charge in [-0.15, -0.1) is 0 Å². The first-order valence-electron chi connectivity index (χ1n) is 7.25. The number of benzene rings is 2. The van der Waals surface area contributed by atoms with Crippen LogP contribution in [0.4, 0.5) is 5.69 Å². The van der Waals surface area contributed by atoms with Crippen LogP contribution in [-0.2, 0) is 11.2 Å². The minimum atomic E-state index is 0.0103. The van der Waals surface area contributed by atoms with Gasteiger partial charge in [-0.25, -0.2) is 0 Å². The summed E-state index contributed by atoms with van der Waals surface area (Å²) in [4.78, 5) is 12.0. The largest absolute Gasteiger partial charge is 0.326 e. The van der Waals surface area contributed by atoms with Gasteiger partial charge in [-0.1, -0.05) is 42.0 Å². The molecule has 1 atom stereocenters. The van der Waals surface area contributed by atoms with E-state index in [0.29, 0.717) is 6.42 Å². The van der Waals surface area contributed by atoms with Gasteiger partial charge in [0.05, 0.1) is 0 Å². The molecular weight excluding hydrogens is 260 g/mol. The van der Waals surface area contributed by atoms with Gasteiger partial charge < -0.3 is 11.1 Å². The van der Waals surface area contributed by atoms with Crippen LogP contribution in [0.5, 0.6) is 0 Å². The van der Waals surface area contributed by atoms with E-state index < -0.39 is 0 Å². The van der Waals surface area contributed by atoms with Crippen LogP contribution >= 0.6 is 0 Å². The number of anilines is 1. The Labute approximate surface area is 126 Å². The maximum Gasteiger partial charge on any atom is 0.224 e. The second-order valence-electron chi connectivity index (χ2n) is 5.45. The van der Waals surface area contributed by atoms with Crippen molar-refractivity contribution in [3.05, 3.63) is 65.2 Å².